The van der Waals surface area contributed by atoms with Gasteiger partial charge < -0.3 is 19.7 Å². The van der Waals surface area contributed by atoms with Gasteiger partial charge in [0.25, 0.3) is 11.8 Å². The van der Waals surface area contributed by atoms with E-state index >= 15 is 0 Å². The van der Waals surface area contributed by atoms with Crippen LogP contribution in [0.2, 0.25) is 0 Å². The van der Waals surface area contributed by atoms with Crippen LogP contribution in [0.25, 0.3) is 0 Å². The first kappa shape index (κ1) is 24.3. The van der Waals surface area contributed by atoms with Crippen LogP contribution in [0, 0.1) is 6.92 Å². The molecule has 3 aromatic rings. The molecule has 35 heavy (non-hydrogen) atoms. The number of fused-ring (bicyclic) bond motifs is 1. The number of hydrogen-bond donors (Lipinski definition) is 1. The molecule has 0 spiro atoms. The summed E-state index contributed by atoms with van der Waals surface area (Å²) >= 11 is 0. The maximum absolute atomic E-state index is 14.1. The second-order valence-corrected chi connectivity index (χ2v) is 9.76. The number of amides is 2. The number of rotatable bonds is 5. The summed E-state index contributed by atoms with van der Waals surface area (Å²) in [5.41, 5.74) is 0.608. The van der Waals surface area contributed by atoms with E-state index in [1.165, 1.54) is 0 Å². The Hall–Kier alpha value is -3.87. The molecule has 0 saturated carbocycles. The topological polar surface area (TPSA) is 80.8 Å². The van der Waals surface area contributed by atoms with Gasteiger partial charge in [-0.3, -0.25) is 9.59 Å². The zero-order chi connectivity index (χ0) is 25.2. The summed E-state index contributed by atoms with van der Waals surface area (Å²) in [6, 6.07) is 20.3. The Kier molecular flexibility index (Phi) is 6.52. The first-order valence-corrected chi connectivity index (χ1v) is 11.6. The average Bonchev–Trinajstić information content (AvgIpc) is 2.94. The van der Waals surface area contributed by atoms with Crippen molar-refractivity contribution in [2.75, 3.05) is 13.7 Å². The van der Waals surface area contributed by atoms with E-state index in [9.17, 15) is 9.59 Å². The molecular weight excluding hydrogens is 442 g/mol. The van der Waals surface area contributed by atoms with E-state index < -0.39 is 11.1 Å². The zero-order valence-corrected chi connectivity index (χ0v) is 20.8. The molecular formula is C28H31N3O4. The average molecular weight is 474 g/mol. The standard InChI is InChI=1S/C28H31N3O4/c1-19-11-16-23-24(29-19)35-18-28(21-9-7-6-8-10-21,26(33)30-27(2,3)4)31(25(23)32)17-20-12-14-22(34-5)15-13-20/h6-16H,17-18H2,1-5H3,(H,30,33). The van der Waals surface area contributed by atoms with E-state index in [0.29, 0.717) is 16.9 Å². The van der Waals surface area contributed by atoms with Gasteiger partial charge in [-0.25, -0.2) is 4.98 Å². The van der Waals surface area contributed by atoms with Gasteiger partial charge in [0.1, 0.15) is 17.9 Å². The van der Waals surface area contributed by atoms with Crippen molar-refractivity contribution >= 4 is 11.8 Å². The maximum atomic E-state index is 14.1. The van der Waals surface area contributed by atoms with Crippen LogP contribution in [0.1, 0.15) is 48.0 Å². The molecule has 1 unspecified atom stereocenters. The van der Waals surface area contributed by atoms with E-state index in [2.05, 4.69) is 10.3 Å². The molecule has 0 fully saturated rings. The second-order valence-electron chi connectivity index (χ2n) is 9.76. The number of pyridine rings is 1. The van der Waals surface area contributed by atoms with E-state index in [0.717, 1.165) is 11.3 Å². The lowest BCUT2D eigenvalue weighted by Crippen LogP contribution is -2.62. The molecule has 7 heteroatoms. The minimum absolute atomic E-state index is 0.0791. The number of methoxy groups -OCH3 is 1. The Balaban J connectivity index is 1.92. The lowest BCUT2D eigenvalue weighted by atomic mass is 9.85. The van der Waals surface area contributed by atoms with Crippen LogP contribution in [-0.4, -0.2) is 41.0 Å². The van der Waals surface area contributed by atoms with Gasteiger partial charge in [0, 0.05) is 17.8 Å². The minimum atomic E-state index is -1.43. The molecule has 2 heterocycles. The predicted molar refractivity (Wildman–Crippen MR) is 133 cm³/mol. The largest absolute Gasteiger partial charge is 0.497 e. The molecule has 0 saturated heterocycles. The second kappa shape index (κ2) is 9.41. The van der Waals surface area contributed by atoms with E-state index in [-0.39, 0.29) is 30.8 Å². The molecule has 1 aliphatic rings. The van der Waals surface area contributed by atoms with E-state index in [4.69, 9.17) is 9.47 Å². The number of ether oxygens (including phenoxy) is 2. The third-order valence-electron chi connectivity index (χ3n) is 5.97. The Labute approximate surface area is 206 Å². The molecule has 1 aliphatic heterocycles. The minimum Gasteiger partial charge on any atom is -0.497 e. The fourth-order valence-corrected chi connectivity index (χ4v) is 4.21. The summed E-state index contributed by atoms with van der Waals surface area (Å²) in [4.78, 5) is 34.3. The number of nitrogens with zero attached hydrogens (tertiary/aromatic N) is 2. The van der Waals surface area contributed by atoms with Crippen LogP contribution >= 0.6 is 0 Å². The van der Waals surface area contributed by atoms with Crippen LogP contribution in [-0.2, 0) is 16.9 Å². The van der Waals surface area contributed by atoms with Crippen molar-refractivity contribution in [2.24, 2.45) is 0 Å². The summed E-state index contributed by atoms with van der Waals surface area (Å²) in [6.45, 7) is 7.69. The van der Waals surface area contributed by atoms with Crippen LogP contribution < -0.4 is 14.8 Å². The van der Waals surface area contributed by atoms with Gasteiger partial charge in [-0.1, -0.05) is 42.5 Å². The summed E-state index contributed by atoms with van der Waals surface area (Å²) in [7, 11) is 1.61. The van der Waals surface area contributed by atoms with E-state index in [1.54, 1.807) is 24.1 Å². The molecule has 1 aromatic heterocycles. The fraction of sp³-hybridized carbons (Fsp3) is 0.321. The van der Waals surface area contributed by atoms with Crippen molar-refractivity contribution in [3.05, 3.63) is 89.1 Å². The maximum Gasteiger partial charge on any atom is 0.260 e. The van der Waals surface area contributed by atoms with Crippen LogP contribution in [0.3, 0.4) is 0 Å². The quantitative estimate of drug-likeness (QED) is 0.599. The Morgan fingerprint density at radius 3 is 2.40 bits per heavy atom. The van der Waals surface area contributed by atoms with Gasteiger partial charge in [-0.15, -0.1) is 0 Å². The van der Waals surface area contributed by atoms with Crippen LogP contribution in [0.4, 0.5) is 0 Å². The van der Waals surface area contributed by atoms with E-state index in [1.807, 2.05) is 82.3 Å². The summed E-state index contributed by atoms with van der Waals surface area (Å²) in [5, 5.41) is 3.10. The summed E-state index contributed by atoms with van der Waals surface area (Å²) < 4.78 is 11.4. The molecule has 0 aliphatic carbocycles. The molecule has 1 atom stereocenters. The number of aryl methyl sites for hydroxylation is 1. The van der Waals surface area contributed by atoms with Gasteiger partial charge >= 0.3 is 0 Å². The van der Waals surface area contributed by atoms with Crippen molar-refractivity contribution in [2.45, 2.75) is 45.3 Å². The highest BCUT2D eigenvalue weighted by Gasteiger charge is 2.52. The van der Waals surface area contributed by atoms with Gasteiger partial charge in [-0.2, -0.15) is 0 Å². The lowest BCUT2D eigenvalue weighted by molar-refractivity contribution is -0.136. The van der Waals surface area contributed by atoms with Crippen molar-refractivity contribution < 1.29 is 19.1 Å². The summed E-state index contributed by atoms with van der Waals surface area (Å²) in [6.07, 6.45) is 0. The van der Waals surface area contributed by atoms with Crippen molar-refractivity contribution in [3.8, 4) is 11.6 Å². The Bertz CT molecular complexity index is 1220. The Morgan fingerprint density at radius 2 is 1.77 bits per heavy atom. The van der Waals surface area contributed by atoms with Crippen molar-refractivity contribution in [1.29, 1.82) is 0 Å². The third-order valence-corrected chi connectivity index (χ3v) is 5.97. The fourth-order valence-electron chi connectivity index (χ4n) is 4.21. The molecule has 0 radical (unpaired) electrons. The smallest absolute Gasteiger partial charge is 0.260 e. The molecule has 182 valence electrons. The number of benzene rings is 2. The monoisotopic (exact) mass is 473 g/mol. The molecule has 1 N–H and O–H groups in total. The summed E-state index contributed by atoms with van der Waals surface area (Å²) in [5.74, 6) is 0.302. The van der Waals surface area contributed by atoms with Gasteiger partial charge in [0.05, 0.1) is 7.11 Å². The third kappa shape index (κ3) is 4.85. The lowest BCUT2D eigenvalue weighted by Gasteiger charge is -2.42. The number of nitrogens with one attached hydrogen (secondary N) is 1. The molecule has 2 aromatic carbocycles. The predicted octanol–water partition coefficient (Wildman–Crippen LogP) is 4.24. The van der Waals surface area contributed by atoms with Crippen LogP contribution in [0.15, 0.2) is 66.7 Å². The highest BCUT2D eigenvalue weighted by Crippen LogP contribution is 2.38. The number of carbonyl (C=O) groups is 2. The first-order valence-electron chi connectivity index (χ1n) is 11.6. The highest BCUT2D eigenvalue weighted by atomic mass is 16.5. The first-order chi connectivity index (χ1) is 16.6. The van der Waals surface area contributed by atoms with Gasteiger partial charge in [-0.05, 0) is 63.1 Å². The number of hydrogen-bond acceptors (Lipinski definition) is 5. The molecule has 7 nitrogen and oxygen atoms in total. The highest BCUT2D eigenvalue weighted by molar-refractivity contribution is 6.02. The molecule has 0 bridgehead atoms. The van der Waals surface area contributed by atoms with Crippen LogP contribution in [0.5, 0.6) is 11.6 Å². The molecule has 4 rings (SSSR count). The number of carbonyl (C=O) groups excluding carboxylic acids is 2. The van der Waals surface area contributed by atoms with Crippen molar-refractivity contribution in [3.63, 3.8) is 0 Å². The Morgan fingerprint density at radius 1 is 1.09 bits per heavy atom. The molecule has 2 amide bonds. The number of aromatic nitrogens is 1. The van der Waals surface area contributed by atoms with Gasteiger partial charge in [0.2, 0.25) is 5.88 Å². The van der Waals surface area contributed by atoms with Gasteiger partial charge in [0.15, 0.2) is 5.54 Å². The zero-order valence-electron chi connectivity index (χ0n) is 20.8. The normalized spacial score (nSPS) is 17.7. The SMILES string of the molecule is COc1ccc(CN2C(=O)c3ccc(C)nc3OCC2(C(=O)NC(C)(C)C)c2ccccc2)cc1. The van der Waals surface area contributed by atoms with Crippen molar-refractivity contribution in [1.82, 2.24) is 15.2 Å².